The number of allylic oxidation sites excluding steroid dienone is 5. The van der Waals surface area contributed by atoms with Gasteiger partial charge in [-0.25, -0.2) is 0 Å². The molecule has 0 bridgehead atoms. The van der Waals surface area contributed by atoms with Gasteiger partial charge in [-0.15, -0.1) is 32.9 Å². The molecule has 0 fully saturated rings. The molecule has 0 rings (SSSR count). The highest BCUT2D eigenvalue weighted by molar-refractivity contribution is 4.78. The maximum absolute atomic E-state index is 3.56. The first-order valence-corrected chi connectivity index (χ1v) is 5.85. The van der Waals surface area contributed by atoms with Gasteiger partial charge in [0, 0.05) is 0 Å². The van der Waals surface area contributed by atoms with E-state index in [1.165, 1.54) is 5.57 Å². The van der Waals surface area contributed by atoms with Gasteiger partial charge >= 0.3 is 0 Å². The van der Waals surface area contributed by atoms with Crippen molar-refractivity contribution >= 4 is 0 Å². The lowest BCUT2D eigenvalue weighted by Gasteiger charge is -1.65. The second kappa shape index (κ2) is 61.5. The van der Waals surface area contributed by atoms with Gasteiger partial charge in [-0.3, -0.25) is 0 Å². The van der Waals surface area contributed by atoms with Crippen molar-refractivity contribution in [2.75, 3.05) is 0 Å². The maximum Gasteiger partial charge on any atom is -0.0382 e. The van der Waals surface area contributed by atoms with Gasteiger partial charge in [-0.05, 0) is 41.0 Å². The van der Waals surface area contributed by atoms with E-state index in [-0.39, 0.29) is 0 Å². The summed E-state index contributed by atoms with van der Waals surface area (Å²) in [5.41, 5.74) is 1.17. The Labute approximate surface area is 111 Å². The zero-order chi connectivity index (χ0) is 15.1. The first kappa shape index (κ1) is 29.6. The second-order valence-corrected chi connectivity index (χ2v) is 2.98. The van der Waals surface area contributed by atoms with Crippen LogP contribution in [0.3, 0.4) is 0 Å². The fraction of sp³-hybridized carbons (Fsp3) is 0.412. The van der Waals surface area contributed by atoms with Crippen molar-refractivity contribution in [3.05, 3.63) is 62.8 Å². The van der Waals surface area contributed by atoms with Gasteiger partial charge in [0.2, 0.25) is 0 Å². The third kappa shape index (κ3) is 4840. The SMILES string of the molecule is C=C.C=C(C)C.C=CC.C=CCC.CC=CC. The zero-order valence-electron chi connectivity index (χ0n) is 13.1. The molecule has 17 heavy (non-hydrogen) atoms. The van der Waals surface area contributed by atoms with Crippen LogP contribution in [-0.2, 0) is 0 Å². The van der Waals surface area contributed by atoms with Crippen LogP contribution in [0, 0.1) is 0 Å². The van der Waals surface area contributed by atoms with E-state index in [0.29, 0.717) is 0 Å². The van der Waals surface area contributed by atoms with Crippen LogP contribution in [0.5, 0.6) is 0 Å². The molecule has 0 heteroatoms. The van der Waals surface area contributed by atoms with Crippen molar-refractivity contribution in [1.29, 1.82) is 0 Å². The van der Waals surface area contributed by atoms with Crippen LogP contribution in [0.1, 0.15) is 48.0 Å². The molecule has 0 N–H and O–H groups in total. The first-order chi connectivity index (χ1) is 7.97. The fourth-order valence-corrected chi connectivity index (χ4v) is 0. The lowest BCUT2D eigenvalue weighted by atomic mass is 10.4. The van der Waals surface area contributed by atoms with Crippen molar-refractivity contribution in [2.24, 2.45) is 0 Å². The van der Waals surface area contributed by atoms with E-state index < -0.39 is 0 Å². The summed E-state index contributed by atoms with van der Waals surface area (Å²) in [4.78, 5) is 0. The number of hydrogen-bond acceptors (Lipinski definition) is 0. The Kier molecular flexibility index (Phi) is 107. The lowest BCUT2D eigenvalue weighted by molar-refractivity contribution is 1.23. The monoisotopic (exact) mass is 238 g/mol. The molecule has 0 aromatic rings. The van der Waals surface area contributed by atoms with Gasteiger partial charge in [0.15, 0.2) is 0 Å². The molecule has 0 aromatic carbocycles. The predicted octanol–water partition coefficient (Wildman–Crippen LogP) is 6.74. The van der Waals surface area contributed by atoms with Crippen LogP contribution in [0.15, 0.2) is 62.8 Å². The fourth-order valence-electron chi connectivity index (χ4n) is 0. The quantitative estimate of drug-likeness (QED) is 0.444. The van der Waals surface area contributed by atoms with Gasteiger partial charge in [-0.2, -0.15) is 0 Å². The van der Waals surface area contributed by atoms with Crippen molar-refractivity contribution in [3.8, 4) is 0 Å². The molecule has 0 aromatic heterocycles. The van der Waals surface area contributed by atoms with E-state index in [0.717, 1.165) is 6.42 Å². The molecule has 0 spiro atoms. The molecule has 0 aliphatic heterocycles. The Morgan fingerprint density at radius 1 is 0.941 bits per heavy atom. The Bertz CT molecular complexity index is 141. The molecule has 0 atom stereocenters. The Morgan fingerprint density at radius 2 is 1.06 bits per heavy atom. The van der Waals surface area contributed by atoms with Crippen LogP contribution >= 0.6 is 0 Å². The molecule has 102 valence electrons. The minimum atomic E-state index is 1.08. The predicted molar refractivity (Wildman–Crippen MR) is 88.6 cm³/mol. The van der Waals surface area contributed by atoms with E-state index in [2.05, 4.69) is 39.8 Å². The van der Waals surface area contributed by atoms with Crippen LogP contribution in [-0.4, -0.2) is 0 Å². The summed E-state index contributed by atoms with van der Waals surface area (Å²) >= 11 is 0. The van der Waals surface area contributed by atoms with E-state index in [1.54, 1.807) is 6.08 Å². The van der Waals surface area contributed by atoms with Crippen molar-refractivity contribution in [1.82, 2.24) is 0 Å². The Hall–Kier alpha value is -1.30. The second-order valence-electron chi connectivity index (χ2n) is 2.98. The third-order valence-corrected chi connectivity index (χ3v) is 0.622. The highest BCUT2D eigenvalue weighted by atomic mass is 13.6. The van der Waals surface area contributed by atoms with Crippen molar-refractivity contribution < 1.29 is 0 Å². The minimum absolute atomic E-state index is 1.08. The van der Waals surface area contributed by atoms with Gasteiger partial charge < -0.3 is 0 Å². The Morgan fingerprint density at radius 3 is 1.06 bits per heavy atom. The van der Waals surface area contributed by atoms with Crippen LogP contribution in [0.25, 0.3) is 0 Å². The molecule has 0 unspecified atom stereocenters. The van der Waals surface area contributed by atoms with E-state index in [9.17, 15) is 0 Å². The number of hydrogen-bond donors (Lipinski definition) is 0. The van der Waals surface area contributed by atoms with E-state index >= 15 is 0 Å². The van der Waals surface area contributed by atoms with Crippen LogP contribution < -0.4 is 0 Å². The zero-order valence-corrected chi connectivity index (χ0v) is 13.1. The van der Waals surface area contributed by atoms with E-state index in [4.69, 9.17) is 0 Å². The average Bonchev–Trinajstić information content (AvgIpc) is 2.32. The molecular weight excluding hydrogens is 204 g/mol. The molecular formula is C17H34. The van der Waals surface area contributed by atoms with Crippen LogP contribution in [0.2, 0.25) is 0 Å². The van der Waals surface area contributed by atoms with Gasteiger partial charge in [-0.1, -0.05) is 36.8 Å². The topological polar surface area (TPSA) is 0 Å². The molecule has 0 radical (unpaired) electrons. The summed E-state index contributed by atoms with van der Waals surface area (Å²) in [6.07, 6.45) is 8.71. The molecule has 0 heterocycles. The molecule has 0 aliphatic carbocycles. The average molecular weight is 238 g/mol. The highest BCUT2D eigenvalue weighted by Gasteiger charge is 1.51. The molecule has 0 nitrogen and oxygen atoms in total. The Balaban J connectivity index is -0.0000000361. The summed E-state index contributed by atoms with van der Waals surface area (Å²) < 4.78 is 0. The minimum Gasteiger partial charge on any atom is -0.106 e. The normalized spacial score (nSPS) is 6.24. The smallest absolute Gasteiger partial charge is 0.0382 e. The number of rotatable bonds is 1. The summed E-state index contributed by atoms with van der Waals surface area (Å²) in [5, 5.41) is 0. The van der Waals surface area contributed by atoms with Crippen LogP contribution in [0.4, 0.5) is 0 Å². The summed E-state index contributed by atoms with van der Waals surface area (Å²) in [6, 6.07) is 0. The maximum atomic E-state index is 3.56. The highest BCUT2D eigenvalue weighted by Crippen LogP contribution is 1.73. The van der Waals surface area contributed by atoms with E-state index in [1.807, 2.05) is 52.8 Å². The third-order valence-electron chi connectivity index (χ3n) is 0.622. The van der Waals surface area contributed by atoms with Gasteiger partial charge in [0.05, 0.1) is 0 Å². The summed E-state index contributed by atoms with van der Waals surface area (Å²) in [5.74, 6) is 0. The molecule has 0 saturated heterocycles. The molecule has 0 amide bonds. The molecule has 0 aliphatic rings. The first-order valence-electron chi connectivity index (χ1n) is 5.85. The summed E-state index contributed by atoms with van der Waals surface area (Å²) in [7, 11) is 0. The molecule has 0 saturated carbocycles. The summed E-state index contributed by atoms with van der Waals surface area (Å²) in [6.45, 7) is 28.3. The largest absolute Gasteiger partial charge is 0.106 e. The van der Waals surface area contributed by atoms with Crippen molar-refractivity contribution in [3.63, 3.8) is 0 Å². The van der Waals surface area contributed by atoms with Crippen molar-refractivity contribution in [2.45, 2.75) is 48.0 Å². The lowest BCUT2D eigenvalue weighted by Crippen LogP contribution is -1.43. The standard InChI is InChI=1S/3C4H8.C3H6.C2H4/c1-4(2)3;2*1-3-4-2;1-3-2;1-2/h1H2,2-3H3;3-4H,1-2H3;3H,1,4H2,2H3;3H,1H2,2H3;1-2H2. The van der Waals surface area contributed by atoms with Gasteiger partial charge in [0.25, 0.3) is 0 Å². The van der Waals surface area contributed by atoms with Gasteiger partial charge in [0.1, 0.15) is 0 Å².